The average Bonchev–Trinajstić information content (AvgIpc) is 2.37. The fraction of sp³-hybridized carbons (Fsp3) is 0.462. The van der Waals surface area contributed by atoms with E-state index >= 15 is 0 Å². The van der Waals surface area contributed by atoms with Crippen LogP contribution in [0.1, 0.15) is 30.6 Å². The van der Waals surface area contributed by atoms with E-state index in [1.807, 2.05) is 13.8 Å². The summed E-state index contributed by atoms with van der Waals surface area (Å²) in [5.41, 5.74) is 0.0406. The third-order valence-electron chi connectivity index (χ3n) is 2.62. The molecule has 6 heteroatoms. The van der Waals surface area contributed by atoms with Crippen LogP contribution in [0.5, 0.6) is 0 Å². The molecule has 104 valence electrons. The van der Waals surface area contributed by atoms with Gasteiger partial charge in [0.25, 0.3) is 5.91 Å². The second-order valence-electron chi connectivity index (χ2n) is 4.71. The van der Waals surface area contributed by atoms with Crippen LogP contribution in [0.15, 0.2) is 23.1 Å². The SMILES string of the molecule is CNC(=O)C(CC(C)C)NC(=O)c1ccc(=O)[nH]c1. The summed E-state index contributed by atoms with van der Waals surface area (Å²) in [6.07, 6.45) is 1.88. The summed E-state index contributed by atoms with van der Waals surface area (Å²) in [5.74, 6) is -0.338. The molecule has 1 atom stereocenters. The van der Waals surface area contributed by atoms with Crippen LogP contribution in [0.3, 0.4) is 0 Å². The molecule has 1 unspecified atom stereocenters. The molecule has 1 aromatic heterocycles. The molecule has 3 N–H and O–H groups in total. The molecule has 0 aromatic carbocycles. The lowest BCUT2D eigenvalue weighted by atomic mass is 10.0. The molecule has 19 heavy (non-hydrogen) atoms. The van der Waals surface area contributed by atoms with Crippen molar-refractivity contribution in [3.63, 3.8) is 0 Å². The van der Waals surface area contributed by atoms with Crippen molar-refractivity contribution >= 4 is 11.8 Å². The first kappa shape index (κ1) is 14.9. The second kappa shape index (κ2) is 6.72. The Hall–Kier alpha value is -2.11. The van der Waals surface area contributed by atoms with Crippen LogP contribution in [0.4, 0.5) is 0 Å². The van der Waals surface area contributed by atoms with Crippen molar-refractivity contribution in [2.45, 2.75) is 26.3 Å². The number of hydrogen-bond acceptors (Lipinski definition) is 3. The van der Waals surface area contributed by atoms with Gasteiger partial charge in [-0.3, -0.25) is 14.4 Å². The first-order valence-corrected chi connectivity index (χ1v) is 6.15. The van der Waals surface area contributed by atoms with Crippen molar-refractivity contribution in [3.8, 4) is 0 Å². The van der Waals surface area contributed by atoms with E-state index in [1.54, 1.807) is 0 Å². The van der Waals surface area contributed by atoms with Crippen LogP contribution in [0.2, 0.25) is 0 Å². The average molecular weight is 265 g/mol. The minimum absolute atomic E-state index is 0.230. The zero-order chi connectivity index (χ0) is 14.4. The summed E-state index contributed by atoms with van der Waals surface area (Å²) in [5, 5.41) is 5.19. The summed E-state index contributed by atoms with van der Waals surface area (Å²) < 4.78 is 0. The molecule has 0 aliphatic rings. The van der Waals surface area contributed by atoms with Crippen molar-refractivity contribution in [1.29, 1.82) is 0 Å². The van der Waals surface area contributed by atoms with Gasteiger partial charge < -0.3 is 15.6 Å². The van der Waals surface area contributed by atoms with Crippen LogP contribution in [-0.2, 0) is 4.79 Å². The maximum Gasteiger partial charge on any atom is 0.253 e. The first-order valence-electron chi connectivity index (χ1n) is 6.15. The monoisotopic (exact) mass is 265 g/mol. The maximum atomic E-state index is 12.0. The van der Waals surface area contributed by atoms with Gasteiger partial charge in [0.05, 0.1) is 5.56 Å². The highest BCUT2D eigenvalue weighted by atomic mass is 16.2. The zero-order valence-electron chi connectivity index (χ0n) is 11.3. The fourth-order valence-electron chi connectivity index (χ4n) is 1.67. The van der Waals surface area contributed by atoms with E-state index in [9.17, 15) is 14.4 Å². The second-order valence-corrected chi connectivity index (χ2v) is 4.71. The summed E-state index contributed by atoms with van der Waals surface area (Å²) in [6.45, 7) is 3.95. The van der Waals surface area contributed by atoms with E-state index in [-0.39, 0.29) is 23.3 Å². The Morgan fingerprint density at radius 2 is 2.00 bits per heavy atom. The molecule has 0 radical (unpaired) electrons. The first-order chi connectivity index (χ1) is 8.93. The summed E-state index contributed by atoms with van der Waals surface area (Å²) in [7, 11) is 1.53. The molecule has 2 amide bonds. The Labute approximate surface area is 111 Å². The van der Waals surface area contributed by atoms with Crippen molar-refractivity contribution in [2.75, 3.05) is 7.05 Å². The number of amides is 2. The summed E-state index contributed by atoms with van der Waals surface area (Å²) >= 11 is 0. The van der Waals surface area contributed by atoms with E-state index in [2.05, 4.69) is 15.6 Å². The number of likely N-dealkylation sites (N-methyl/N-ethyl adjacent to an activating group) is 1. The largest absolute Gasteiger partial charge is 0.357 e. The van der Waals surface area contributed by atoms with Crippen LogP contribution in [0, 0.1) is 5.92 Å². The molecule has 1 aromatic rings. The van der Waals surface area contributed by atoms with E-state index in [0.717, 1.165) is 0 Å². The van der Waals surface area contributed by atoms with Crippen LogP contribution in [-0.4, -0.2) is 29.9 Å². The molecule has 1 heterocycles. The molecule has 6 nitrogen and oxygen atoms in total. The quantitative estimate of drug-likeness (QED) is 0.713. The van der Waals surface area contributed by atoms with Gasteiger partial charge in [-0.25, -0.2) is 0 Å². The molecule has 0 saturated carbocycles. The lowest BCUT2D eigenvalue weighted by Crippen LogP contribution is -2.46. The van der Waals surface area contributed by atoms with Gasteiger partial charge in [-0.2, -0.15) is 0 Å². The fourth-order valence-corrected chi connectivity index (χ4v) is 1.67. The Balaban J connectivity index is 2.78. The topological polar surface area (TPSA) is 91.1 Å². The predicted octanol–water partition coefficient (Wildman–Crippen LogP) is 0.265. The van der Waals surface area contributed by atoms with Crippen LogP contribution < -0.4 is 16.2 Å². The van der Waals surface area contributed by atoms with Gasteiger partial charge in [0, 0.05) is 19.3 Å². The van der Waals surface area contributed by atoms with Crippen molar-refractivity contribution in [3.05, 3.63) is 34.2 Å². The Bertz CT molecular complexity index is 488. The number of nitrogens with one attached hydrogen (secondary N) is 3. The number of aromatic amines is 1. The number of hydrogen-bond donors (Lipinski definition) is 3. The van der Waals surface area contributed by atoms with Gasteiger partial charge in [-0.1, -0.05) is 13.8 Å². The minimum atomic E-state index is -0.579. The summed E-state index contributed by atoms with van der Waals surface area (Å²) in [6, 6.07) is 2.11. The highest BCUT2D eigenvalue weighted by molar-refractivity contribution is 5.97. The van der Waals surface area contributed by atoms with Gasteiger partial charge >= 0.3 is 0 Å². The molecule has 0 spiro atoms. The molecule has 0 fully saturated rings. The number of pyridine rings is 1. The van der Waals surface area contributed by atoms with E-state index in [0.29, 0.717) is 12.0 Å². The maximum absolute atomic E-state index is 12.0. The van der Waals surface area contributed by atoms with Crippen molar-refractivity contribution < 1.29 is 9.59 Å². The highest BCUT2D eigenvalue weighted by Crippen LogP contribution is 2.06. The third kappa shape index (κ3) is 4.57. The van der Waals surface area contributed by atoms with E-state index in [4.69, 9.17) is 0 Å². The van der Waals surface area contributed by atoms with E-state index in [1.165, 1.54) is 25.4 Å². The third-order valence-corrected chi connectivity index (χ3v) is 2.62. The molecule has 0 aliphatic carbocycles. The number of H-pyrrole nitrogens is 1. The summed E-state index contributed by atoms with van der Waals surface area (Å²) in [4.78, 5) is 37.0. The Morgan fingerprint density at radius 1 is 1.32 bits per heavy atom. The van der Waals surface area contributed by atoms with Gasteiger partial charge in [0.1, 0.15) is 6.04 Å². The normalized spacial score (nSPS) is 12.0. The highest BCUT2D eigenvalue weighted by Gasteiger charge is 2.21. The molecular formula is C13H19N3O3. The molecule has 1 rings (SSSR count). The Morgan fingerprint density at radius 3 is 2.47 bits per heavy atom. The smallest absolute Gasteiger partial charge is 0.253 e. The van der Waals surface area contributed by atoms with Gasteiger partial charge in [-0.15, -0.1) is 0 Å². The van der Waals surface area contributed by atoms with Gasteiger partial charge in [0.15, 0.2) is 0 Å². The van der Waals surface area contributed by atoms with Crippen molar-refractivity contribution in [1.82, 2.24) is 15.6 Å². The molecule has 0 bridgehead atoms. The van der Waals surface area contributed by atoms with Crippen LogP contribution in [0.25, 0.3) is 0 Å². The van der Waals surface area contributed by atoms with Gasteiger partial charge in [0.2, 0.25) is 11.5 Å². The van der Waals surface area contributed by atoms with Crippen LogP contribution >= 0.6 is 0 Å². The number of aromatic nitrogens is 1. The van der Waals surface area contributed by atoms with E-state index < -0.39 is 6.04 Å². The number of carbonyl (C=O) groups is 2. The Kier molecular flexibility index (Phi) is 5.29. The lowest BCUT2D eigenvalue weighted by Gasteiger charge is -2.19. The molecular weight excluding hydrogens is 246 g/mol. The van der Waals surface area contributed by atoms with Gasteiger partial charge in [-0.05, 0) is 18.4 Å². The van der Waals surface area contributed by atoms with Crippen molar-refractivity contribution in [2.24, 2.45) is 5.92 Å². The number of carbonyl (C=O) groups excluding carboxylic acids is 2. The number of rotatable bonds is 5. The standard InChI is InChI=1S/C13H19N3O3/c1-8(2)6-10(13(19)14-3)16-12(18)9-4-5-11(17)15-7-9/h4-5,7-8,10H,6H2,1-3H3,(H,14,19)(H,15,17)(H,16,18). The zero-order valence-corrected chi connectivity index (χ0v) is 11.3. The molecule has 0 aliphatic heterocycles. The minimum Gasteiger partial charge on any atom is -0.357 e. The lowest BCUT2D eigenvalue weighted by molar-refractivity contribution is -0.122. The predicted molar refractivity (Wildman–Crippen MR) is 71.8 cm³/mol. The molecule has 0 saturated heterocycles.